The molecule has 0 spiro atoms. The summed E-state index contributed by atoms with van der Waals surface area (Å²) >= 11 is 0. The molecule has 0 radical (unpaired) electrons. The fraction of sp³-hybridized carbons (Fsp3) is 0.100. The number of rotatable bonds is 6. The van der Waals surface area contributed by atoms with Crippen molar-refractivity contribution in [3.05, 3.63) is 71.0 Å². The van der Waals surface area contributed by atoms with Crippen molar-refractivity contribution in [3.8, 4) is 5.75 Å². The number of aliphatic carboxylic acids is 1. The molecule has 1 N–H and O–H groups in total. The van der Waals surface area contributed by atoms with Crippen LogP contribution >= 0.6 is 0 Å². The zero-order chi connectivity index (χ0) is 21.0. The predicted molar refractivity (Wildman–Crippen MR) is 95.4 cm³/mol. The molecule has 148 valence electrons. The van der Waals surface area contributed by atoms with Crippen LogP contribution in [-0.2, 0) is 20.9 Å². The highest BCUT2D eigenvalue weighted by molar-refractivity contribution is 6.30. The topological polar surface area (TPSA) is 116 Å². The Hall–Kier alpha value is -4.01. The van der Waals surface area contributed by atoms with Crippen LogP contribution in [0.3, 0.4) is 0 Å². The number of ether oxygens (including phenoxy) is 1. The Bertz CT molecular complexity index is 999. The van der Waals surface area contributed by atoms with Gasteiger partial charge in [-0.15, -0.1) is 0 Å². The number of benzene rings is 2. The normalized spacial score (nSPS) is 15.4. The van der Waals surface area contributed by atoms with Crippen LogP contribution in [-0.4, -0.2) is 35.3 Å². The molecule has 0 bridgehead atoms. The SMILES string of the molecule is O=C([O-])COc1ccc(/C=C2/C(=O)NC(=O)N(Cc3ccc(F)cc3)C2=O)cc1. The zero-order valence-electron chi connectivity index (χ0n) is 14.9. The van der Waals surface area contributed by atoms with Crippen molar-refractivity contribution < 1.29 is 33.4 Å². The van der Waals surface area contributed by atoms with Crippen LogP contribution in [0.2, 0.25) is 0 Å². The van der Waals surface area contributed by atoms with Crippen molar-refractivity contribution in [1.82, 2.24) is 10.2 Å². The third-order valence-corrected chi connectivity index (χ3v) is 3.99. The third kappa shape index (κ3) is 4.83. The van der Waals surface area contributed by atoms with Crippen LogP contribution < -0.4 is 15.2 Å². The lowest BCUT2D eigenvalue weighted by atomic mass is 10.1. The fourth-order valence-corrected chi connectivity index (χ4v) is 2.58. The second kappa shape index (κ2) is 8.34. The molecule has 0 unspecified atom stereocenters. The van der Waals surface area contributed by atoms with Gasteiger partial charge >= 0.3 is 6.03 Å². The Labute approximate surface area is 164 Å². The number of nitrogens with zero attached hydrogens (tertiary/aromatic N) is 1. The molecule has 9 heteroatoms. The maximum Gasteiger partial charge on any atom is 0.331 e. The van der Waals surface area contributed by atoms with E-state index in [1.54, 1.807) is 0 Å². The maximum atomic E-state index is 13.0. The van der Waals surface area contributed by atoms with Gasteiger partial charge in [0.1, 0.15) is 23.7 Å². The standard InChI is InChI=1S/C20H15FN2O6/c21-14-5-1-13(2-6-14)10-23-19(27)16(18(26)22-20(23)28)9-12-3-7-15(8-4-12)29-11-17(24)25/h1-9H,10-11H2,(H,24,25)(H,22,26,28)/p-1/b16-9-. The first-order chi connectivity index (χ1) is 13.8. The Morgan fingerprint density at radius 1 is 1.07 bits per heavy atom. The van der Waals surface area contributed by atoms with Crippen LogP contribution in [0.5, 0.6) is 5.75 Å². The van der Waals surface area contributed by atoms with E-state index < -0.39 is 36.2 Å². The average Bonchev–Trinajstić information content (AvgIpc) is 2.69. The summed E-state index contributed by atoms with van der Waals surface area (Å²) in [7, 11) is 0. The summed E-state index contributed by atoms with van der Waals surface area (Å²) in [6.07, 6.45) is 1.30. The largest absolute Gasteiger partial charge is 0.546 e. The molecule has 1 aliphatic rings. The number of hydrogen-bond donors (Lipinski definition) is 1. The van der Waals surface area contributed by atoms with Crippen molar-refractivity contribution in [2.75, 3.05) is 6.61 Å². The van der Waals surface area contributed by atoms with Crippen LogP contribution in [0.15, 0.2) is 54.1 Å². The van der Waals surface area contributed by atoms with Crippen molar-refractivity contribution in [2.45, 2.75) is 6.54 Å². The minimum Gasteiger partial charge on any atom is -0.546 e. The Morgan fingerprint density at radius 3 is 2.34 bits per heavy atom. The summed E-state index contributed by atoms with van der Waals surface area (Å²) in [5, 5.41) is 12.5. The molecule has 8 nitrogen and oxygen atoms in total. The first-order valence-corrected chi connectivity index (χ1v) is 8.39. The van der Waals surface area contributed by atoms with Gasteiger partial charge in [0.2, 0.25) is 0 Å². The molecule has 0 aliphatic carbocycles. The predicted octanol–water partition coefficient (Wildman–Crippen LogP) is 0.616. The van der Waals surface area contributed by atoms with Crippen molar-refractivity contribution in [3.63, 3.8) is 0 Å². The number of carbonyl (C=O) groups is 4. The van der Waals surface area contributed by atoms with E-state index >= 15 is 0 Å². The maximum absolute atomic E-state index is 13.0. The molecular formula is C20H14FN2O6-. The van der Waals surface area contributed by atoms with Gasteiger partial charge in [0.25, 0.3) is 11.8 Å². The smallest absolute Gasteiger partial charge is 0.331 e. The summed E-state index contributed by atoms with van der Waals surface area (Å²) in [4.78, 5) is 48.1. The van der Waals surface area contributed by atoms with Crippen LogP contribution in [0.1, 0.15) is 11.1 Å². The summed E-state index contributed by atoms with van der Waals surface area (Å²) in [6, 6.07) is 10.3. The van der Waals surface area contributed by atoms with Crippen molar-refractivity contribution in [2.24, 2.45) is 0 Å². The molecule has 29 heavy (non-hydrogen) atoms. The zero-order valence-corrected chi connectivity index (χ0v) is 14.9. The Morgan fingerprint density at radius 2 is 1.72 bits per heavy atom. The molecule has 0 aromatic heterocycles. The summed E-state index contributed by atoms with van der Waals surface area (Å²) in [5.41, 5.74) is 0.716. The molecule has 2 aromatic rings. The first-order valence-electron chi connectivity index (χ1n) is 8.39. The van der Waals surface area contributed by atoms with Gasteiger partial charge in [0.15, 0.2) is 0 Å². The van der Waals surface area contributed by atoms with Crippen molar-refractivity contribution >= 4 is 29.9 Å². The third-order valence-electron chi connectivity index (χ3n) is 3.99. The lowest BCUT2D eigenvalue weighted by Gasteiger charge is -2.26. The molecular weight excluding hydrogens is 383 g/mol. The molecule has 1 fully saturated rings. The number of halogens is 1. The highest BCUT2D eigenvalue weighted by Gasteiger charge is 2.35. The minimum absolute atomic E-state index is 0.133. The summed E-state index contributed by atoms with van der Waals surface area (Å²) < 4.78 is 18.0. The number of carbonyl (C=O) groups excluding carboxylic acids is 4. The number of nitrogens with one attached hydrogen (secondary N) is 1. The van der Waals surface area contributed by atoms with E-state index in [1.807, 2.05) is 0 Å². The number of hydrogen-bond acceptors (Lipinski definition) is 6. The average molecular weight is 397 g/mol. The first kappa shape index (κ1) is 19.7. The molecule has 2 aromatic carbocycles. The van der Waals surface area contributed by atoms with Gasteiger partial charge < -0.3 is 14.6 Å². The van der Waals surface area contributed by atoms with Crippen molar-refractivity contribution in [1.29, 1.82) is 0 Å². The second-order valence-corrected chi connectivity index (χ2v) is 6.06. The van der Waals surface area contributed by atoms with E-state index in [2.05, 4.69) is 5.32 Å². The number of barbiturate groups is 1. The fourth-order valence-electron chi connectivity index (χ4n) is 2.58. The van der Waals surface area contributed by atoms with E-state index in [4.69, 9.17) is 4.74 Å². The minimum atomic E-state index is -1.37. The van der Waals surface area contributed by atoms with Gasteiger partial charge in [-0.05, 0) is 41.5 Å². The number of urea groups is 1. The number of carboxylic acids is 1. The van der Waals surface area contributed by atoms with E-state index in [9.17, 15) is 28.7 Å². The molecule has 0 atom stereocenters. The van der Waals surface area contributed by atoms with Crippen LogP contribution in [0.25, 0.3) is 6.08 Å². The lowest BCUT2D eigenvalue weighted by molar-refractivity contribution is -0.307. The van der Waals surface area contributed by atoms with Gasteiger partial charge in [-0.2, -0.15) is 0 Å². The Balaban J connectivity index is 1.79. The van der Waals surface area contributed by atoms with Gasteiger partial charge in [0.05, 0.1) is 12.5 Å². The van der Waals surface area contributed by atoms with E-state index in [1.165, 1.54) is 54.6 Å². The molecule has 1 saturated heterocycles. The lowest BCUT2D eigenvalue weighted by Crippen LogP contribution is -2.53. The van der Waals surface area contributed by atoms with Gasteiger partial charge in [-0.3, -0.25) is 19.8 Å². The Kier molecular flexibility index (Phi) is 5.68. The highest BCUT2D eigenvalue weighted by Crippen LogP contribution is 2.19. The monoisotopic (exact) mass is 397 g/mol. The number of amides is 4. The highest BCUT2D eigenvalue weighted by atomic mass is 19.1. The van der Waals surface area contributed by atoms with Gasteiger partial charge in [0, 0.05) is 0 Å². The molecule has 0 saturated carbocycles. The molecule has 1 aliphatic heterocycles. The van der Waals surface area contributed by atoms with Crippen LogP contribution in [0.4, 0.5) is 9.18 Å². The van der Waals surface area contributed by atoms with E-state index in [-0.39, 0.29) is 17.9 Å². The molecule has 1 heterocycles. The van der Waals surface area contributed by atoms with Gasteiger partial charge in [-0.25, -0.2) is 9.18 Å². The summed E-state index contributed by atoms with van der Waals surface area (Å²) in [5.74, 6) is -3.19. The number of carboxylic acid groups (broad SMARTS) is 1. The quantitative estimate of drug-likeness (QED) is 0.564. The van der Waals surface area contributed by atoms with Crippen LogP contribution in [0, 0.1) is 5.82 Å². The molecule has 3 rings (SSSR count). The van der Waals surface area contributed by atoms with E-state index in [0.29, 0.717) is 11.1 Å². The molecule has 4 amide bonds. The number of imide groups is 2. The second-order valence-electron chi connectivity index (χ2n) is 6.06. The van der Waals surface area contributed by atoms with E-state index in [0.717, 1.165) is 4.90 Å². The summed E-state index contributed by atoms with van der Waals surface area (Å²) in [6.45, 7) is -0.743. The van der Waals surface area contributed by atoms with Gasteiger partial charge in [-0.1, -0.05) is 24.3 Å².